The average Bonchev–Trinajstić information content (AvgIpc) is 3.01. The van der Waals surface area contributed by atoms with Crippen LogP contribution >= 0.6 is 0 Å². The summed E-state index contributed by atoms with van der Waals surface area (Å²) in [7, 11) is 0. The van der Waals surface area contributed by atoms with E-state index in [9.17, 15) is 13.6 Å². The summed E-state index contributed by atoms with van der Waals surface area (Å²) < 4.78 is 27.8. The summed E-state index contributed by atoms with van der Waals surface area (Å²) in [5.74, 6) is -2.24. The molecule has 0 unspecified atom stereocenters. The summed E-state index contributed by atoms with van der Waals surface area (Å²) in [5.41, 5.74) is 0.929. The standard InChI is InChI=1S/C15H10F2N4O/c16-11-5-10(6-12(17)7-11)15(22)20-13-3-1-2-4-14(13)21-9-18-8-19-21/h1-9H,(H,20,22). The van der Waals surface area contributed by atoms with E-state index in [1.807, 2.05) is 0 Å². The number of amides is 1. The van der Waals surface area contributed by atoms with Crippen molar-refractivity contribution in [2.24, 2.45) is 0 Å². The van der Waals surface area contributed by atoms with Gasteiger partial charge in [0.25, 0.3) is 5.91 Å². The van der Waals surface area contributed by atoms with E-state index in [4.69, 9.17) is 0 Å². The van der Waals surface area contributed by atoms with Crippen LogP contribution in [0, 0.1) is 11.6 Å². The van der Waals surface area contributed by atoms with E-state index in [-0.39, 0.29) is 5.56 Å². The number of anilines is 1. The maximum atomic E-state index is 13.2. The number of benzene rings is 2. The van der Waals surface area contributed by atoms with Crippen LogP contribution in [0.15, 0.2) is 55.1 Å². The molecule has 1 aromatic heterocycles. The highest BCUT2D eigenvalue weighted by Crippen LogP contribution is 2.20. The van der Waals surface area contributed by atoms with Crippen LogP contribution in [0.3, 0.4) is 0 Å². The Morgan fingerprint density at radius 3 is 2.50 bits per heavy atom. The fourth-order valence-electron chi connectivity index (χ4n) is 1.99. The van der Waals surface area contributed by atoms with Crippen molar-refractivity contribution in [1.82, 2.24) is 14.8 Å². The second kappa shape index (κ2) is 5.72. The lowest BCUT2D eigenvalue weighted by Crippen LogP contribution is -2.14. The van der Waals surface area contributed by atoms with Gasteiger partial charge in [0.1, 0.15) is 24.3 Å². The number of rotatable bonds is 3. The van der Waals surface area contributed by atoms with Gasteiger partial charge >= 0.3 is 0 Å². The zero-order valence-electron chi connectivity index (χ0n) is 11.2. The van der Waals surface area contributed by atoms with Crippen molar-refractivity contribution in [2.45, 2.75) is 0 Å². The Balaban J connectivity index is 1.92. The molecule has 0 bridgehead atoms. The lowest BCUT2D eigenvalue weighted by atomic mass is 10.2. The van der Waals surface area contributed by atoms with E-state index < -0.39 is 17.5 Å². The molecule has 2 aromatic carbocycles. The van der Waals surface area contributed by atoms with Crippen molar-refractivity contribution < 1.29 is 13.6 Å². The number of aromatic nitrogens is 3. The van der Waals surface area contributed by atoms with Gasteiger partial charge < -0.3 is 5.32 Å². The van der Waals surface area contributed by atoms with Crippen LogP contribution < -0.4 is 5.32 Å². The molecule has 0 aliphatic rings. The van der Waals surface area contributed by atoms with Gasteiger partial charge in [0.05, 0.1) is 11.4 Å². The molecule has 1 heterocycles. The van der Waals surface area contributed by atoms with Crippen LogP contribution in [-0.4, -0.2) is 20.7 Å². The minimum absolute atomic E-state index is 0.106. The van der Waals surface area contributed by atoms with E-state index in [0.717, 1.165) is 12.1 Å². The predicted molar refractivity (Wildman–Crippen MR) is 75.7 cm³/mol. The van der Waals surface area contributed by atoms with Crippen molar-refractivity contribution in [1.29, 1.82) is 0 Å². The monoisotopic (exact) mass is 300 g/mol. The molecular weight excluding hydrogens is 290 g/mol. The summed E-state index contributed by atoms with van der Waals surface area (Å²) in [5, 5.41) is 6.60. The molecule has 0 spiro atoms. The third-order valence-corrected chi connectivity index (χ3v) is 2.94. The highest BCUT2D eigenvalue weighted by molar-refractivity contribution is 6.05. The molecule has 0 saturated carbocycles. The van der Waals surface area contributed by atoms with E-state index >= 15 is 0 Å². The lowest BCUT2D eigenvalue weighted by molar-refractivity contribution is 0.102. The van der Waals surface area contributed by atoms with E-state index in [1.165, 1.54) is 17.3 Å². The van der Waals surface area contributed by atoms with Gasteiger partial charge in [-0.2, -0.15) is 5.10 Å². The second-order valence-electron chi connectivity index (χ2n) is 4.47. The summed E-state index contributed by atoms with van der Waals surface area (Å²) in [6.07, 6.45) is 2.84. The molecule has 0 fully saturated rings. The smallest absolute Gasteiger partial charge is 0.255 e. The van der Waals surface area contributed by atoms with Gasteiger partial charge in [-0.3, -0.25) is 4.79 Å². The summed E-state index contributed by atoms with van der Waals surface area (Å²) in [6, 6.07) is 9.53. The fraction of sp³-hybridized carbons (Fsp3) is 0. The Morgan fingerprint density at radius 2 is 1.82 bits per heavy atom. The number of para-hydroxylation sites is 2. The predicted octanol–water partition coefficient (Wildman–Crippen LogP) is 2.80. The van der Waals surface area contributed by atoms with E-state index in [0.29, 0.717) is 17.4 Å². The van der Waals surface area contributed by atoms with Crippen molar-refractivity contribution in [2.75, 3.05) is 5.32 Å². The number of nitrogens with zero attached hydrogens (tertiary/aromatic N) is 3. The Morgan fingerprint density at radius 1 is 1.09 bits per heavy atom. The van der Waals surface area contributed by atoms with Crippen LogP contribution in [-0.2, 0) is 0 Å². The summed E-state index contributed by atoms with van der Waals surface area (Å²) >= 11 is 0. The first-order valence-corrected chi connectivity index (χ1v) is 6.35. The normalized spacial score (nSPS) is 10.5. The van der Waals surface area contributed by atoms with Crippen molar-refractivity contribution in [3.8, 4) is 5.69 Å². The van der Waals surface area contributed by atoms with Crippen LogP contribution in [0.25, 0.3) is 5.69 Å². The molecule has 1 N–H and O–H groups in total. The third kappa shape index (κ3) is 2.83. The van der Waals surface area contributed by atoms with Gasteiger partial charge in [-0.1, -0.05) is 12.1 Å². The van der Waals surface area contributed by atoms with Crippen molar-refractivity contribution in [3.05, 3.63) is 72.3 Å². The molecule has 0 radical (unpaired) electrons. The van der Waals surface area contributed by atoms with Crippen LogP contribution in [0.2, 0.25) is 0 Å². The molecule has 0 atom stereocenters. The number of carbonyl (C=O) groups excluding carboxylic acids is 1. The molecule has 3 rings (SSSR count). The minimum Gasteiger partial charge on any atom is -0.320 e. The van der Waals surface area contributed by atoms with Gasteiger partial charge in [-0.25, -0.2) is 18.4 Å². The molecule has 0 aliphatic carbocycles. The molecular formula is C15H10F2N4O. The maximum absolute atomic E-state index is 13.2. The van der Waals surface area contributed by atoms with Gasteiger partial charge in [0.15, 0.2) is 0 Å². The molecule has 22 heavy (non-hydrogen) atoms. The topological polar surface area (TPSA) is 59.8 Å². The van der Waals surface area contributed by atoms with E-state index in [2.05, 4.69) is 15.4 Å². The number of hydrogen-bond acceptors (Lipinski definition) is 3. The third-order valence-electron chi connectivity index (χ3n) is 2.94. The first kappa shape index (κ1) is 13.9. The zero-order valence-corrected chi connectivity index (χ0v) is 11.2. The van der Waals surface area contributed by atoms with Gasteiger partial charge in [-0.05, 0) is 24.3 Å². The van der Waals surface area contributed by atoms with Gasteiger partial charge in [-0.15, -0.1) is 0 Å². The first-order chi connectivity index (χ1) is 10.6. The Bertz CT molecular complexity index is 798. The molecule has 0 saturated heterocycles. The highest BCUT2D eigenvalue weighted by atomic mass is 19.1. The molecule has 7 heteroatoms. The minimum atomic E-state index is -0.810. The highest BCUT2D eigenvalue weighted by Gasteiger charge is 2.12. The first-order valence-electron chi connectivity index (χ1n) is 6.35. The summed E-state index contributed by atoms with van der Waals surface area (Å²) in [4.78, 5) is 16.0. The Labute approximate surface area is 124 Å². The fourth-order valence-corrected chi connectivity index (χ4v) is 1.99. The SMILES string of the molecule is O=C(Nc1ccccc1-n1cncn1)c1cc(F)cc(F)c1. The number of hydrogen-bond donors (Lipinski definition) is 1. The van der Waals surface area contributed by atoms with Crippen LogP contribution in [0.5, 0.6) is 0 Å². The number of nitrogens with one attached hydrogen (secondary N) is 1. The second-order valence-corrected chi connectivity index (χ2v) is 4.47. The van der Waals surface area contributed by atoms with Gasteiger partial charge in [0.2, 0.25) is 0 Å². The zero-order chi connectivity index (χ0) is 15.5. The molecule has 1 amide bonds. The van der Waals surface area contributed by atoms with E-state index in [1.54, 1.807) is 24.3 Å². The Kier molecular flexibility index (Phi) is 3.61. The van der Waals surface area contributed by atoms with Crippen LogP contribution in [0.4, 0.5) is 14.5 Å². The molecule has 3 aromatic rings. The molecule has 5 nitrogen and oxygen atoms in total. The van der Waals surface area contributed by atoms with Crippen molar-refractivity contribution >= 4 is 11.6 Å². The largest absolute Gasteiger partial charge is 0.320 e. The number of carbonyl (C=O) groups is 1. The quantitative estimate of drug-likeness (QED) is 0.809. The molecule has 0 aliphatic heterocycles. The Hall–Kier alpha value is -3.09. The van der Waals surface area contributed by atoms with Crippen molar-refractivity contribution in [3.63, 3.8) is 0 Å². The lowest BCUT2D eigenvalue weighted by Gasteiger charge is -2.10. The van der Waals surface area contributed by atoms with Gasteiger partial charge in [0, 0.05) is 11.6 Å². The number of halogens is 2. The summed E-state index contributed by atoms with van der Waals surface area (Å²) in [6.45, 7) is 0. The molecule has 110 valence electrons. The van der Waals surface area contributed by atoms with Crippen LogP contribution in [0.1, 0.15) is 10.4 Å². The average molecular weight is 300 g/mol. The maximum Gasteiger partial charge on any atom is 0.255 e.